The van der Waals surface area contributed by atoms with Crippen LogP contribution in [0.1, 0.15) is 1.37 Å². The first kappa shape index (κ1) is 44.3. The van der Waals surface area contributed by atoms with Gasteiger partial charge in [-0.2, -0.15) is 5.82 Å². The quantitative estimate of drug-likeness (QED) is 0.231. The van der Waals surface area contributed by atoms with Gasteiger partial charge in [0.05, 0.1) is 0 Å². The Morgan fingerprint density at radius 3 is 0.373 bits per heavy atom. The van der Waals surface area contributed by atoms with Crippen molar-refractivity contribution in [3.05, 3.63) is 0 Å². The topological polar surface area (TPSA) is 0 Å². The Balaban J connectivity index is 4.58. The molecule has 0 nitrogen and oxygen atoms in total. The van der Waals surface area contributed by atoms with Crippen LogP contribution in [0.4, 0.5) is 0 Å². The van der Waals surface area contributed by atoms with Crippen LogP contribution in [0.3, 0.4) is 0 Å². The molecule has 0 saturated heterocycles. The van der Waals surface area contributed by atoms with Gasteiger partial charge in [-0.1, -0.05) is 0 Å². The summed E-state index contributed by atoms with van der Waals surface area (Å²) in [4.78, 5) is 0. The summed E-state index contributed by atoms with van der Waals surface area (Å²) in [6.45, 7) is 0. The molecule has 0 aromatic carbocycles. The molecule has 1 heteroatoms. The van der Waals surface area contributed by atoms with Crippen LogP contribution in [-0.2, 0) is 0 Å². The van der Waals surface area contributed by atoms with Crippen LogP contribution in [0.5, 0.6) is 0 Å². The van der Waals surface area contributed by atoms with Crippen LogP contribution in [0, 0.1) is 344 Å². The van der Waals surface area contributed by atoms with E-state index in [-0.39, 0.29) is 0 Å². The largest absolute Gasteiger partial charge is 0.196 e. The molecule has 0 radical (unpaired) electrons. The van der Waals surface area contributed by atoms with E-state index in [1.165, 1.54) is 0 Å². The Hall–Kier alpha value is -12.7. The molecule has 59 heavy (non-hydrogen) atoms. The molecule has 0 N–H and O–H groups in total. The summed E-state index contributed by atoms with van der Waals surface area (Å²) in [5.74, 6) is 142. The molecule has 0 fully saturated rings. The van der Waals surface area contributed by atoms with Gasteiger partial charge in [0, 0.05) is 237 Å². The summed E-state index contributed by atoms with van der Waals surface area (Å²) in [6, 6.07) is 0. The fourth-order valence-corrected chi connectivity index (χ4v) is 1.75. The summed E-state index contributed by atoms with van der Waals surface area (Å²) in [6.07, 6.45) is 1.88. The number of hydrogen-bond acceptors (Lipinski definition) is 0. The van der Waals surface area contributed by atoms with Gasteiger partial charge in [-0.25, -0.2) is 0 Å². The fourth-order valence-electron chi connectivity index (χ4n) is 1.75. The fraction of sp³-hybridized carbons (Fsp3) is 0. The molecule has 0 aromatic heterocycles. The predicted octanol–water partition coefficient (Wildman–Crippen LogP) is -0.695. The summed E-state index contributed by atoms with van der Waals surface area (Å²) >= 11 is 0. The van der Waals surface area contributed by atoms with Crippen molar-refractivity contribution in [3.8, 4) is 344 Å². The Bertz CT molecular complexity index is 3530. The van der Waals surface area contributed by atoms with Crippen molar-refractivity contribution in [1.29, 1.82) is 0 Å². The van der Waals surface area contributed by atoms with E-state index in [0.717, 1.165) is 0 Å². The third-order valence-electron chi connectivity index (χ3n) is 3.56. The first-order valence-electron chi connectivity index (χ1n) is 15.2. The van der Waals surface area contributed by atoms with E-state index >= 15 is 0 Å². The lowest BCUT2D eigenvalue weighted by atomic mass is 10.2. The SMILES string of the molecule is [2H]C#CC#CC#CC#CC#CC#CC#CC#CC#CC#CC#CC#CC#CC#CC#CC#CC#CC#CC#CC#CC#CC#CC#CC#CC#CC#CC#CC#CC#CB. The Labute approximate surface area is 351 Å². The van der Waals surface area contributed by atoms with Gasteiger partial charge >= 0.3 is 0 Å². The lowest BCUT2D eigenvalue weighted by Gasteiger charge is -1.57. The van der Waals surface area contributed by atoms with Crippen molar-refractivity contribution in [1.82, 2.24) is 0 Å². The number of hydrogen-bond donors (Lipinski definition) is 0. The maximum absolute atomic E-state index is 6.57. The zero-order chi connectivity index (χ0) is 43.0. The van der Waals surface area contributed by atoms with Crippen LogP contribution in [-0.4, -0.2) is 7.85 Å². The zero-order valence-corrected chi connectivity index (χ0v) is 30.0. The van der Waals surface area contributed by atoms with Crippen LogP contribution in [0.2, 0.25) is 0 Å². The molecule has 0 aromatic rings. The third-order valence-corrected chi connectivity index (χ3v) is 3.56. The normalized spacial score (nSPS) is 4.03. The monoisotopic (exact) mass is 711 g/mol. The summed E-state index contributed by atoms with van der Waals surface area (Å²) in [5.41, 5.74) is 0. The Kier molecular flexibility index (Phi) is 34.0. The van der Waals surface area contributed by atoms with Crippen LogP contribution in [0.25, 0.3) is 0 Å². The minimum absolute atomic E-state index is 1.69. The lowest BCUT2D eigenvalue weighted by Crippen LogP contribution is -1.57. The lowest BCUT2D eigenvalue weighted by molar-refractivity contribution is 2.31. The van der Waals surface area contributed by atoms with Gasteiger partial charge in [0.1, 0.15) is 1.37 Å². The van der Waals surface area contributed by atoms with E-state index in [1.54, 1.807) is 7.85 Å². The summed E-state index contributed by atoms with van der Waals surface area (Å²) in [7, 11) is 1.69. The average Bonchev–Trinajstić information content (AvgIpc) is 3.26. The molecule has 0 rings (SSSR count). The molecular formula is C58H3B. The molecule has 0 unspecified atom stereocenters. The second-order valence-corrected chi connectivity index (χ2v) is 7.25. The Morgan fingerprint density at radius 2 is 0.271 bits per heavy atom. The second-order valence-electron chi connectivity index (χ2n) is 7.25. The standard InChI is InChI=1S/C58H3B/c1-2-3-4-5-6-7-8-9-10-11-12-13-14-15-16-17-18-19-20-21-22-23-24-25-26-27-28-29-30-31-32-33-34-35-36-37-38-39-40-41-42-43-44-45-46-47-48-49-50-51-52-53-54-55-56-57-58-59/h1H,59H2/i1D. The van der Waals surface area contributed by atoms with E-state index in [9.17, 15) is 0 Å². The first-order valence-corrected chi connectivity index (χ1v) is 14.8. The van der Waals surface area contributed by atoms with E-state index in [1.807, 2.05) is 6.40 Å². The highest BCUT2D eigenvalue weighted by molar-refractivity contribution is 6.22. The van der Waals surface area contributed by atoms with Crippen LogP contribution < -0.4 is 0 Å². The van der Waals surface area contributed by atoms with Crippen molar-refractivity contribution in [2.45, 2.75) is 0 Å². The van der Waals surface area contributed by atoms with Crippen molar-refractivity contribution in [2.75, 3.05) is 0 Å². The van der Waals surface area contributed by atoms with Gasteiger partial charge in [0.25, 0.3) is 0 Å². The average molecular weight is 711 g/mol. The maximum atomic E-state index is 6.57. The van der Waals surface area contributed by atoms with Gasteiger partial charge in [-0.05, 0) is 94.7 Å². The molecule has 238 valence electrons. The van der Waals surface area contributed by atoms with Crippen molar-refractivity contribution in [2.24, 2.45) is 0 Å². The van der Waals surface area contributed by atoms with Crippen molar-refractivity contribution >= 4 is 7.85 Å². The van der Waals surface area contributed by atoms with Gasteiger partial charge in [0.15, 0.2) is 7.85 Å². The Morgan fingerprint density at radius 1 is 0.169 bits per heavy atom. The molecule has 0 bridgehead atoms. The molecule has 0 aliphatic carbocycles. The highest BCUT2D eigenvalue weighted by atomic mass is 13.6. The minimum atomic E-state index is 1.69. The molecular weight excluding hydrogens is 707 g/mol. The van der Waals surface area contributed by atoms with E-state index in [2.05, 4.69) is 337 Å². The van der Waals surface area contributed by atoms with E-state index in [0.29, 0.717) is 0 Å². The summed E-state index contributed by atoms with van der Waals surface area (Å²) in [5, 5.41) is 0. The highest BCUT2D eigenvalue weighted by Crippen LogP contribution is 1.63. The molecule has 0 saturated carbocycles. The van der Waals surface area contributed by atoms with Gasteiger partial charge < -0.3 is 0 Å². The molecule has 0 aliphatic rings. The van der Waals surface area contributed by atoms with Gasteiger partial charge in [-0.15, -0.1) is 6.40 Å². The first-order chi connectivity index (χ1) is 29.9. The molecule has 0 atom stereocenters. The van der Waals surface area contributed by atoms with Crippen LogP contribution in [0.15, 0.2) is 0 Å². The number of rotatable bonds is 0. The smallest absolute Gasteiger partial charge is 0.151 e. The van der Waals surface area contributed by atoms with Gasteiger partial charge in [0.2, 0.25) is 0 Å². The van der Waals surface area contributed by atoms with E-state index < -0.39 is 0 Å². The predicted molar refractivity (Wildman–Crippen MR) is 235 cm³/mol. The van der Waals surface area contributed by atoms with Crippen LogP contribution >= 0.6 is 0 Å². The second kappa shape index (κ2) is 45.3. The minimum Gasteiger partial charge on any atom is -0.151 e. The maximum Gasteiger partial charge on any atom is 0.196 e. The zero-order valence-electron chi connectivity index (χ0n) is 31.0. The highest BCUT2D eigenvalue weighted by Gasteiger charge is 1.63. The molecule has 0 aliphatic heterocycles. The number of terminal acetylenes is 1. The third kappa shape index (κ3) is 45.3. The molecule has 0 heterocycles. The van der Waals surface area contributed by atoms with Gasteiger partial charge in [-0.3, -0.25) is 0 Å². The van der Waals surface area contributed by atoms with Crippen molar-refractivity contribution in [3.63, 3.8) is 0 Å². The molecule has 0 amide bonds. The van der Waals surface area contributed by atoms with E-state index in [4.69, 9.17) is 1.37 Å². The summed E-state index contributed by atoms with van der Waals surface area (Å²) < 4.78 is 6.57. The molecule has 0 spiro atoms. The van der Waals surface area contributed by atoms with Crippen molar-refractivity contribution < 1.29 is 1.37 Å².